The van der Waals surface area contributed by atoms with Crippen LogP contribution in [0.15, 0.2) is 60.7 Å². The number of nitrogens with one attached hydrogen (secondary N) is 1. The number of rotatable bonds is 10. The van der Waals surface area contributed by atoms with Crippen molar-refractivity contribution in [2.24, 2.45) is 0 Å². The summed E-state index contributed by atoms with van der Waals surface area (Å²) < 4.78 is 11.9. The third-order valence-corrected chi connectivity index (χ3v) is 5.35. The Balaban J connectivity index is 1.68. The number of benzene rings is 2. The molecular weight excluding hydrogens is 412 g/mol. The fourth-order valence-electron chi connectivity index (χ4n) is 3.65. The van der Waals surface area contributed by atoms with Crippen molar-refractivity contribution in [1.82, 2.24) is 4.98 Å². The van der Waals surface area contributed by atoms with Crippen LogP contribution in [-0.2, 0) is 11.2 Å². The Hall–Kier alpha value is -3.18. The molecule has 1 atom stereocenters. The van der Waals surface area contributed by atoms with E-state index in [1.54, 1.807) is 0 Å². The summed E-state index contributed by atoms with van der Waals surface area (Å²) in [4.78, 5) is 17.5. The average molecular weight is 447 g/mol. The fourth-order valence-corrected chi connectivity index (χ4v) is 3.65. The Labute approximate surface area is 197 Å². The quantitative estimate of drug-likeness (QED) is 0.367. The van der Waals surface area contributed by atoms with Gasteiger partial charge in [0.1, 0.15) is 11.5 Å². The maximum Gasteiger partial charge on any atom is 0.257 e. The number of amides is 1. The van der Waals surface area contributed by atoms with E-state index in [0.717, 1.165) is 36.5 Å². The Morgan fingerprint density at radius 3 is 2.55 bits per heavy atom. The molecule has 0 aliphatic rings. The predicted octanol–water partition coefficient (Wildman–Crippen LogP) is 6.92. The van der Waals surface area contributed by atoms with Gasteiger partial charge in [-0.05, 0) is 62.1 Å². The smallest absolute Gasteiger partial charge is 0.257 e. The minimum Gasteiger partial charge on any atom is -0.457 e. The van der Waals surface area contributed by atoms with E-state index in [2.05, 4.69) is 37.1 Å². The molecule has 1 unspecified atom stereocenters. The average Bonchev–Trinajstić information content (AvgIpc) is 2.78. The maximum atomic E-state index is 12.9. The van der Waals surface area contributed by atoms with Crippen LogP contribution in [0.3, 0.4) is 0 Å². The molecule has 1 N–H and O–H groups in total. The summed E-state index contributed by atoms with van der Waals surface area (Å²) in [6.45, 7) is 11.0. The van der Waals surface area contributed by atoms with Crippen LogP contribution in [0, 0.1) is 6.92 Å². The zero-order valence-corrected chi connectivity index (χ0v) is 20.2. The molecule has 0 radical (unpaired) electrons. The number of anilines is 1. The minimum atomic E-state index is -0.193. The third kappa shape index (κ3) is 6.90. The Bertz CT molecular complexity index is 1080. The van der Waals surface area contributed by atoms with Crippen molar-refractivity contribution in [2.45, 2.75) is 59.5 Å². The van der Waals surface area contributed by atoms with Gasteiger partial charge in [-0.25, -0.2) is 0 Å². The van der Waals surface area contributed by atoms with Gasteiger partial charge in [0.25, 0.3) is 5.91 Å². The van der Waals surface area contributed by atoms with Gasteiger partial charge in [0.2, 0.25) is 0 Å². The van der Waals surface area contributed by atoms with Crippen molar-refractivity contribution in [3.63, 3.8) is 0 Å². The van der Waals surface area contributed by atoms with Gasteiger partial charge in [-0.3, -0.25) is 9.78 Å². The van der Waals surface area contributed by atoms with Crippen LogP contribution in [-0.4, -0.2) is 23.6 Å². The number of para-hydroxylation sites is 1. The molecule has 33 heavy (non-hydrogen) atoms. The van der Waals surface area contributed by atoms with E-state index in [1.165, 1.54) is 0 Å². The number of ether oxygens (including phenoxy) is 2. The molecule has 0 saturated carbocycles. The second kappa shape index (κ2) is 11.6. The minimum absolute atomic E-state index is 0.0973. The topological polar surface area (TPSA) is 60.5 Å². The number of carbonyl (C=O) groups is 1. The molecule has 0 bridgehead atoms. The van der Waals surface area contributed by atoms with E-state index in [1.807, 2.05) is 68.4 Å². The van der Waals surface area contributed by atoms with Gasteiger partial charge >= 0.3 is 0 Å². The van der Waals surface area contributed by atoms with Crippen LogP contribution in [0.2, 0.25) is 0 Å². The van der Waals surface area contributed by atoms with Crippen LogP contribution in [0.5, 0.6) is 11.5 Å². The SMILES string of the molecule is CCCOC(C)Cc1ccc(C(=O)Nc2cccc(Oc3ccccc3C(C)C)c2)c(C)n1. The maximum absolute atomic E-state index is 12.9. The van der Waals surface area contributed by atoms with Crippen molar-refractivity contribution in [3.05, 3.63) is 83.2 Å². The molecule has 3 aromatic rings. The Morgan fingerprint density at radius 1 is 1.03 bits per heavy atom. The third-order valence-electron chi connectivity index (χ3n) is 5.35. The summed E-state index contributed by atoms with van der Waals surface area (Å²) in [7, 11) is 0. The number of hydrogen-bond acceptors (Lipinski definition) is 4. The highest BCUT2D eigenvalue weighted by atomic mass is 16.5. The Kier molecular flexibility index (Phi) is 8.61. The number of aromatic nitrogens is 1. The number of nitrogens with zero attached hydrogens (tertiary/aromatic N) is 1. The van der Waals surface area contributed by atoms with Gasteiger partial charge in [-0.2, -0.15) is 0 Å². The molecule has 0 fully saturated rings. The van der Waals surface area contributed by atoms with Crippen LogP contribution in [0.1, 0.15) is 67.3 Å². The number of pyridine rings is 1. The first-order valence-corrected chi connectivity index (χ1v) is 11.6. The molecule has 1 amide bonds. The number of hydrogen-bond donors (Lipinski definition) is 1. The predicted molar refractivity (Wildman–Crippen MR) is 133 cm³/mol. The summed E-state index contributed by atoms with van der Waals surface area (Å²) >= 11 is 0. The molecule has 174 valence electrons. The molecule has 1 heterocycles. The highest BCUT2D eigenvalue weighted by Crippen LogP contribution is 2.31. The van der Waals surface area contributed by atoms with Crippen molar-refractivity contribution in [1.29, 1.82) is 0 Å². The summed E-state index contributed by atoms with van der Waals surface area (Å²) in [6.07, 6.45) is 1.81. The first-order valence-electron chi connectivity index (χ1n) is 11.6. The molecule has 5 nitrogen and oxygen atoms in total. The van der Waals surface area contributed by atoms with Crippen molar-refractivity contribution in [2.75, 3.05) is 11.9 Å². The molecule has 0 saturated heterocycles. The monoisotopic (exact) mass is 446 g/mol. The van der Waals surface area contributed by atoms with Crippen LogP contribution >= 0.6 is 0 Å². The molecule has 2 aromatic carbocycles. The number of aryl methyl sites for hydroxylation is 1. The second-order valence-electron chi connectivity index (χ2n) is 8.60. The lowest BCUT2D eigenvalue weighted by atomic mass is 10.0. The first kappa shape index (κ1) is 24.5. The van der Waals surface area contributed by atoms with Crippen LogP contribution < -0.4 is 10.1 Å². The zero-order valence-electron chi connectivity index (χ0n) is 20.2. The first-order chi connectivity index (χ1) is 15.9. The largest absolute Gasteiger partial charge is 0.457 e. The van der Waals surface area contributed by atoms with Gasteiger partial charge in [0.05, 0.1) is 17.4 Å². The summed E-state index contributed by atoms with van der Waals surface area (Å²) in [5, 5.41) is 2.97. The van der Waals surface area contributed by atoms with Crippen molar-refractivity contribution in [3.8, 4) is 11.5 Å². The normalized spacial score (nSPS) is 11.9. The Morgan fingerprint density at radius 2 is 1.82 bits per heavy atom. The highest BCUT2D eigenvalue weighted by Gasteiger charge is 2.14. The number of carbonyl (C=O) groups excluding carboxylic acids is 1. The molecular formula is C28H34N2O3. The molecule has 0 aliphatic carbocycles. The standard InChI is InChI=1S/C28H34N2O3/c1-6-16-32-20(4)17-23-14-15-26(21(5)29-23)28(31)30-22-10-9-11-24(18-22)33-27-13-8-7-12-25(27)19(2)3/h7-15,18-20H,6,16-17H2,1-5H3,(H,30,31). The fraction of sp³-hybridized carbons (Fsp3) is 0.357. The van der Waals surface area contributed by atoms with Gasteiger partial charge in [-0.1, -0.05) is 45.0 Å². The van der Waals surface area contributed by atoms with Crippen molar-refractivity contribution >= 4 is 11.6 Å². The van der Waals surface area contributed by atoms with Gasteiger partial charge in [0.15, 0.2) is 0 Å². The lowest BCUT2D eigenvalue weighted by Crippen LogP contribution is -2.16. The zero-order chi connectivity index (χ0) is 23.8. The van der Waals surface area contributed by atoms with E-state index in [-0.39, 0.29) is 12.0 Å². The molecule has 0 spiro atoms. The van der Waals surface area contributed by atoms with E-state index < -0.39 is 0 Å². The summed E-state index contributed by atoms with van der Waals surface area (Å²) in [5.74, 6) is 1.65. The molecule has 3 rings (SSSR count). The molecule has 5 heteroatoms. The van der Waals surface area contributed by atoms with Gasteiger partial charge in [0, 0.05) is 30.5 Å². The lowest BCUT2D eigenvalue weighted by molar-refractivity contribution is 0.0663. The summed E-state index contributed by atoms with van der Waals surface area (Å²) in [5.41, 5.74) is 3.99. The highest BCUT2D eigenvalue weighted by molar-refractivity contribution is 6.05. The van der Waals surface area contributed by atoms with Gasteiger partial charge < -0.3 is 14.8 Å². The second-order valence-corrected chi connectivity index (χ2v) is 8.60. The van der Waals surface area contributed by atoms with Crippen LogP contribution in [0.4, 0.5) is 5.69 Å². The van der Waals surface area contributed by atoms with Gasteiger partial charge in [-0.15, -0.1) is 0 Å². The van der Waals surface area contributed by atoms with Crippen LogP contribution in [0.25, 0.3) is 0 Å². The van der Waals surface area contributed by atoms with E-state index in [4.69, 9.17) is 9.47 Å². The lowest BCUT2D eigenvalue weighted by Gasteiger charge is -2.15. The molecule has 1 aromatic heterocycles. The van der Waals surface area contributed by atoms with E-state index in [0.29, 0.717) is 28.6 Å². The van der Waals surface area contributed by atoms with Crippen molar-refractivity contribution < 1.29 is 14.3 Å². The van der Waals surface area contributed by atoms with E-state index in [9.17, 15) is 4.79 Å². The summed E-state index contributed by atoms with van der Waals surface area (Å²) in [6, 6.07) is 19.2. The molecule has 0 aliphatic heterocycles. The van der Waals surface area contributed by atoms with E-state index >= 15 is 0 Å².